The molecule has 1 spiro atoms. The van der Waals surface area contributed by atoms with E-state index in [4.69, 9.17) is 9.47 Å². The Balaban J connectivity index is 1.50. The maximum Gasteiger partial charge on any atom is 0.329 e. The van der Waals surface area contributed by atoms with Gasteiger partial charge in [0.1, 0.15) is 12.1 Å². The minimum Gasteiger partial charge on any atom is -0.493 e. The van der Waals surface area contributed by atoms with Gasteiger partial charge in [-0.05, 0) is 36.5 Å². The molecule has 0 aromatic heterocycles. The van der Waals surface area contributed by atoms with Crippen molar-refractivity contribution in [3.8, 4) is 11.5 Å². The summed E-state index contributed by atoms with van der Waals surface area (Å²) in [6.07, 6.45) is 4.76. The monoisotopic (exact) mass is 388 g/mol. The van der Waals surface area contributed by atoms with Crippen molar-refractivity contribution in [2.24, 2.45) is 5.92 Å². The van der Waals surface area contributed by atoms with Crippen LogP contribution in [0.25, 0.3) is 0 Å². The molecule has 7 nitrogen and oxygen atoms in total. The maximum absolute atomic E-state index is 13.2. The number of benzene rings is 1. The average Bonchev–Trinajstić information content (AvgIpc) is 2.94. The average molecular weight is 388 g/mol. The highest BCUT2D eigenvalue weighted by Crippen LogP contribution is 2.38. The van der Waals surface area contributed by atoms with E-state index in [9.17, 15) is 9.59 Å². The summed E-state index contributed by atoms with van der Waals surface area (Å²) < 4.78 is 10.8. The minimum atomic E-state index is -0.681. The Morgan fingerprint density at radius 1 is 1.18 bits per heavy atom. The molecule has 3 amide bonds. The number of carbonyl (C=O) groups is 2. The van der Waals surface area contributed by atoms with Crippen molar-refractivity contribution in [1.29, 1.82) is 0 Å². The fraction of sp³-hybridized carbons (Fsp3) is 0.619. The Hall–Kier alpha value is -2.28. The van der Waals surface area contributed by atoms with Gasteiger partial charge in [0.25, 0.3) is 5.91 Å². The fourth-order valence-corrected chi connectivity index (χ4v) is 5.03. The number of nitrogens with zero attached hydrogens (tertiary/aromatic N) is 1. The van der Waals surface area contributed by atoms with E-state index in [1.807, 2.05) is 12.1 Å². The Labute approximate surface area is 166 Å². The molecule has 2 heterocycles. The molecule has 152 valence electrons. The number of imide groups is 1. The molecule has 1 unspecified atom stereocenters. The first kappa shape index (κ1) is 19.1. The second-order valence-corrected chi connectivity index (χ2v) is 8.34. The molecular weight excluding hydrogens is 358 g/mol. The summed E-state index contributed by atoms with van der Waals surface area (Å²) in [5.41, 5.74) is 1.75. The third-order valence-electron chi connectivity index (χ3n) is 6.78. The number of hydrogen-bond donors (Lipinski definition) is 2. The molecule has 0 bridgehead atoms. The van der Waals surface area contributed by atoms with E-state index in [-0.39, 0.29) is 17.9 Å². The first-order valence-corrected chi connectivity index (χ1v) is 10.2. The van der Waals surface area contributed by atoms with Crippen molar-refractivity contribution in [2.45, 2.75) is 51.1 Å². The van der Waals surface area contributed by atoms with Crippen molar-refractivity contribution >= 4 is 11.9 Å². The number of carbonyl (C=O) groups excluding carboxylic acids is 2. The number of fused-ring (bicyclic) bond motifs is 1. The minimum absolute atomic E-state index is 0.0321. The van der Waals surface area contributed by atoms with Crippen LogP contribution in [0.1, 0.15) is 43.7 Å². The van der Waals surface area contributed by atoms with Gasteiger partial charge in [-0.3, -0.25) is 4.79 Å². The fourth-order valence-electron chi connectivity index (χ4n) is 5.03. The summed E-state index contributed by atoms with van der Waals surface area (Å²) in [5, 5.41) is 3.05. The van der Waals surface area contributed by atoms with Gasteiger partial charge in [0.05, 0.1) is 20.8 Å². The highest BCUT2D eigenvalue weighted by atomic mass is 16.5. The van der Waals surface area contributed by atoms with Crippen molar-refractivity contribution in [3.05, 3.63) is 23.3 Å². The van der Waals surface area contributed by atoms with Crippen LogP contribution in [0.2, 0.25) is 0 Å². The largest absolute Gasteiger partial charge is 0.493 e. The normalized spacial score (nSPS) is 29.6. The van der Waals surface area contributed by atoms with Crippen LogP contribution in [0, 0.1) is 5.92 Å². The predicted octanol–water partition coefficient (Wildman–Crippen LogP) is 1.10. The first-order chi connectivity index (χ1) is 13.5. The van der Waals surface area contributed by atoms with Gasteiger partial charge in [-0.2, -0.15) is 0 Å². The molecule has 1 aliphatic carbocycles. The van der Waals surface area contributed by atoms with Gasteiger partial charge in [0.2, 0.25) is 0 Å². The summed E-state index contributed by atoms with van der Waals surface area (Å²) >= 11 is 0. The van der Waals surface area contributed by atoms with E-state index in [0.29, 0.717) is 12.4 Å². The number of ether oxygens (including phenoxy) is 2. The van der Waals surface area contributed by atoms with Crippen molar-refractivity contribution in [2.75, 3.05) is 27.4 Å². The van der Waals surface area contributed by atoms with Crippen LogP contribution in [-0.4, -0.2) is 49.8 Å². The number of hydrogen-bond acceptors (Lipinski definition) is 4. The van der Waals surface area contributed by atoms with Crippen molar-refractivity contribution in [1.82, 2.24) is 10.2 Å². The summed E-state index contributed by atoms with van der Waals surface area (Å²) in [5.74, 6) is 1.62. The van der Waals surface area contributed by atoms with Crippen LogP contribution in [0.5, 0.6) is 11.5 Å². The molecule has 3 atom stereocenters. The lowest BCUT2D eigenvalue weighted by molar-refractivity contribution is -0.923. The second kappa shape index (κ2) is 7.28. The second-order valence-electron chi connectivity index (χ2n) is 8.34. The summed E-state index contributed by atoms with van der Waals surface area (Å²) in [6, 6.07) is 3.82. The number of quaternary nitrogens is 1. The lowest BCUT2D eigenvalue weighted by Crippen LogP contribution is -3.13. The first-order valence-electron chi connectivity index (χ1n) is 10.2. The molecule has 4 rings (SSSR count). The number of nitrogens with one attached hydrogen (secondary N) is 2. The van der Waals surface area contributed by atoms with Gasteiger partial charge in [-0.1, -0.05) is 19.8 Å². The van der Waals surface area contributed by atoms with Crippen LogP contribution in [0.4, 0.5) is 4.79 Å². The van der Waals surface area contributed by atoms with E-state index in [2.05, 4.69) is 12.2 Å². The third kappa shape index (κ3) is 3.02. The zero-order valence-electron chi connectivity index (χ0n) is 17.0. The predicted molar refractivity (Wildman–Crippen MR) is 103 cm³/mol. The molecule has 28 heavy (non-hydrogen) atoms. The third-order valence-corrected chi connectivity index (χ3v) is 6.78. The standard InChI is InChI=1S/C21H29N3O4/c1-14-6-4-5-8-21(14)19(25)24(20(26)22-21)13-23-9-7-15-10-17(27-2)18(28-3)11-16(15)12-23/h10-11,14H,4-9,12-13H2,1-3H3,(H,22,26)/p+1/t14-,21+/m0/s1. The highest BCUT2D eigenvalue weighted by molar-refractivity contribution is 6.07. The van der Waals surface area contributed by atoms with Gasteiger partial charge in [0, 0.05) is 12.0 Å². The van der Waals surface area contributed by atoms with Crippen LogP contribution in [0.3, 0.4) is 0 Å². The highest BCUT2D eigenvalue weighted by Gasteiger charge is 2.55. The summed E-state index contributed by atoms with van der Waals surface area (Å²) in [6.45, 7) is 4.13. The van der Waals surface area contributed by atoms with Crippen LogP contribution < -0.4 is 19.7 Å². The molecule has 3 aliphatic rings. The molecule has 7 heteroatoms. The quantitative estimate of drug-likeness (QED) is 0.758. The molecule has 1 saturated carbocycles. The molecule has 0 radical (unpaired) electrons. The van der Waals surface area contributed by atoms with Crippen LogP contribution in [-0.2, 0) is 17.8 Å². The van der Waals surface area contributed by atoms with Gasteiger partial charge in [0.15, 0.2) is 18.2 Å². The molecular formula is C21H30N3O4+. The zero-order valence-corrected chi connectivity index (χ0v) is 17.0. The van der Waals surface area contributed by atoms with E-state index in [1.165, 1.54) is 20.9 Å². The topological polar surface area (TPSA) is 72.3 Å². The Morgan fingerprint density at radius 2 is 1.89 bits per heavy atom. The Kier molecular flexibility index (Phi) is 4.95. The van der Waals surface area contributed by atoms with E-state index < -0.39 is 5.54 Å². The van der Waals surface area contributed by atoms with E-state index in [0.717, 1.165) is 50.9 Å². The van der Waals surface area contributed by atoms with E-state index in [1.54, 1.807) is 14.2 Å². The van der Waals surface area contributed by atoms with Gasteiger partial charge >= 0.3 is 6.03 Å². The molecule has 2 fully saturated rings. The van der Waals surface area contributed by atoms with Crippen molar-refractivity contribution in [3.63, 3.8) is 0 Å². The Bertz CT molecular complexity index is 796. The van der Waals surface area contributed by atoms with Crippen LogP contribution in [0.15, 0.2) is 12.1 Å². The molecule has 1 aromatic rings. The molecule has 1 aromatic carbocycles. The van der Waals surface area contributed by atoms with Gasteiger partial charge < -0.3 is 19.7 Å². The zero-order chi connectivity index (χ0) is 19.9. The number of rotatable bonds is 4. The molecule has 1 saturated heterocycles. The van der Waals surface area contributed by atoms with Gasteiger partial charge in [-0.25, -0.2) is 9.69 Å². The number of urea groups is 1. The SMILES string of the molecule is COc1cc2c(cc1OC)C[NH+](CN1C(=O)N[C@@]3(CCCC[C@@H]3C)C1=O)CC2. The molecule has 2 N–H and O–H groups in total. The van der Waals surface area contributed by atoms with Gasteiger partial charge in [-0.15, -0.1) is 0 Å². The van der Waals surface area contributed by atoms with Crippen molar-refractivity contribution < 1.29 is 24.0 Å². The summed E-state index contributed by atoms with van der Waals surface area (Å²) in [4.78, 5) is 28.5. The Morgan fingerprint density at radius 3 is 2.57 bits per heavy atom. The number of methoxy groups -OCH3 is 2. The lowest BCUT2D eigenvalue weighted by Gasteiger charge is -2.37. The maximum atomic E-state index is 13.2. The smallest absolute Gasteiger partial charge is 0.329 e. The number of amides is 3. The molecule has 2 aliphatic heterocycles. The van der Waals surface area contributed by atoms with Crippen LogP contribution >= 0.6 is 0 Å². The lowest BCUT2D eigenvalue weighted by atomic mass is 9.73. The summed E-state index contributed by atoms with van der Waals surface area (Å²) in [7, 11) is 3.28. The van der Waals surface area contributed by atoms with E-state index >= 15 is 0 Å².